The molecule has 0 bridgehead atoms. The molecule has 0 N–H and O–H groups in total. The lowest BCUT2D eigenvalue weighted by atomic mass is 9.95. The number of esters is 2. The Morgan fingerprint density at radius 1 is 1.00 bits per heavy atom. The van der Waals surface area contributed by atoms with Gasteiger partial charge in [-0.25, -0.2) is 0 Å². The van der Waals surface area contributed by atoms with Crippen LogP contribution in [0.3, 0.4) is 0 Å². The fourth-order valence-electron chi connectivity index (χ4n) is 1.52. The number of hydrogen-bond donors (Lipinski definition) is 0. The van der Waals surface area contributed by atoms with Gasteiger partial charge in [0.15, 0.2) is 0 Å². The van der Waals surface area contributed by atoms with Crippen molar-refractivity contribution in [1.82, 2.24) is 4.90 Å². The van der Waals surface area contributed by atoms with Gasteiger partial charge in [-0.3, -0.25) is 14.4 Å². The Kier molecular flexibility index (Phi) is 5.77. The maximum absolute atomic E-state index is 12.3. The van der Waals surface area contributed by atoms with Crippen molar-refractivity contribution in [3.05, 3.63) is 29.8 Å². The predicted octanol–water partition coefficient (Wildman–Crippen LogP) is -1.27. The molecule has 1 aromatic carbocycles. The number of ether oxygens (including phenoxy) is 2. The monoisotopic (exact) mass is 277 g/mol. The lowest BCUT2D eigenvalue weighted by molar-refractivity contribution is -0.144. The Balaban J connectivity index is 2.90. The third-order valence-corrected chi connectivity index (χ3v) is 2.68. The van der Waals surface area contributed by atoms with Gasteiger partial charge in [0, 0.05) is 5.56 Å². The summed E-state index contributed by atoms with van der Waals surface area (Å²) in [7, 11) is 4.33. The average Bonchev–Trinajstić information content (AvgIpc) is 2.46. The topological polar surface area (TPSA) is 72.9 Å². The molecule has 1 amide bonds. The first-order valence-corrected chi connectivity index (χ1v) is 5.97. The van der Waals surface area contributed by atoms with Crippen LogP contribution in [0.15, 0.2) is 24.3 Å². The molecular formula is C13H16BNO5. The van der Waals surface area contributed by atoms with E-state index in [9.17, 15) is 14.4 Å². The molecular weight excluding hydrogens is 261 g/mol. The standard InChI is InChI=1S/C13H16BNO5/c1-19-11(16)7-15(8-12(17)20-2)13(18)9-3-5-10(14)6-4-9/h3-6H,7-8,14H2,1-2H3. The molecule has 0 saturated carbocycles. The number of amides is 1. The highest BCUT2D eigenvalue weighted by Crippen LogP contribution is 2.04. The fraction of sp³-hybridized carbons (Fsp3) is 0.308. The van der Waals surface area contributed by atoms with Gasteiger partial charge in [-0.15, -0.1) is 0 Å². The van der Waals surface area contributed by atoms with Crippen LogP contribution < -0.4 is 5.46 Å². The number of methoxy groups -OCH3 is 2. The van der Waals surface area contributed by atoms with Crippen molar-refractivity contribution >= 4 is 31.2 Å². The van der Waals surface area contributed by atoms with E-state index in [1.807, 2.05) is 7.85 Å². The molecule has 0 unspecified atom stereocenters. The second kappa shape index (κ2) is 7.32. The van der Waals surface area contributed by atoms with Gasteiger partial charge in [0.05, 0.1) is 14.2 Å². The van der Waals surface area contributed by atoms with E-state index in [0.717, 1.165) is 10.4 Å². The molecule has 0 heterocycles. The molecule has 0 aliphatic carbocycles. The van der Waals surface area contributed by atoms with Crippen molar-refractivity contribution in [2.45, 2.75) is 0 Å². The first-order valence-electron chi connectivity index (χ1n) is 5.97. The van der Waals surface area contributed by atoms with Crippen molar-refractivity contribution in [2.75, 3.05) is 27.3 Å². The van der Waals surface area contributed by atoms with Crippen LogP contribution in [-0.2, 0) is 19.1 Å². The smallest absolute Gasteiger partial charge is 0.325 e. The van der Waals surface area contributed by atoms with Crippen LogP contribution in [0.2, 0.25) is 0 Å². The number of rotatable bonds is 5. The first kappa shape index (κ1) is 15.8. The maximum atomic E-state index is 12.3. The Labute approximate surface area is 118 Å². The third kappa shape index (κ3) is 4.42. The van der Waals surface area contributed by atoms with E-state index in [1.54, 1.807) is 24.3 Å². The molecule has 0 aliphatic rings. The minimum Gasteiger partial charge on any atom is -0.468 e. The van der Waals surface area contributed by atoms with Gasteiger partial charge in [-0.05, 0) is 0 Å². The Hall–Kier alpha value is -2.31. The molecule has 7 heteroatoms. The SMILES string of the molecule is Bc1ccc(C(=O)N(CC(=O)OC)CC(=O)OC)cc1. The molecule has 0 atom stereocenters. The number of hydrogen-bond acceptors (Lipinski definition) is 5. The van der Waals surface area contributed by atoms with Crippen molar-refractivity contribution in [3.8, 4) is 0 Å². The zero-order valence-corrected chi connectivity index (χ0v) is 11.7. The third-order valence-electron chi connectivity index (χ3n) is 2.68. The van der Waals surface area contributed by atoms with Gasteiger partial charge >= 0.3 is 11.9 Å². The highest BCUT2D eigenvalue weighted by molar-refractivity contribution is 6.32. The normalized spacial score (nSPS) is 9.70. The lowest BCUT2D eigenvalue weighted by Crippen LogP contribution is -2.40. The molecule has 0 fully saturated rings. The lowest BCUT2D eigenvalue weighted by Gasteiger charge is -2.20. The van der Waals surface area contributed by atoms with E-state index < -0.39 is 17.8 Å². The summed E-state index contributed by atoms with van der Waals surface area (Å²) in [5.41, 5.74) is 1.40. The largest absolute Gasteiger partial charge is 0.468 e. The molecule has 20 heavy (non-hydrogen) atoms. The Bertz CT molecular complexity index is 482. The van der Waals surface area contributed by atoms with E-state index in [1.165, 1.54) is 14.2 Å². The second-order valence-corrected chi connectivity index (χ2v) is 4.18. The van der Waals surface area contributed by atoms with Crippen LogP contribution in [0, 0.1) is 0 Å². The van der Waals surface area contributed by atoms with Crippen LogP contribution in [0.5, 0.6) is 0 Å². The van der Waals surface area contributed by atoms with E-state index in [0.29, 0.717) is 5.56 Å². The van der Waals surface area contributed by atoms with Crippen LogP contribution >= 0.6 is 0 Å². The fourth-order valence-corrected chi connectivity index (χ4v) is 1.52. The molecule has 0 radical (unpaired) electrons. The van der Waals surface area contributed by atoms with Crippen molar-refractivity contribution < 1.29 is 23.9 Å². The molecule has 0 saturated heterocycles. The summed E-state index contributed by atoms with van der Waals surface area (Å²) in [6.45, 7) is -0.614. The number of benzene rings is 1. The van der Waals surface area contributed by atoms with Crippen molar-refractivity contribution in [1.29, 1.82) is 0 Å². The summed E-state index contributed by atoms with van der Waals surface area (Å²) < 4.78 is 9.03. The van der Waals surface area contributed by atoms with E-state index in [2.05, 4.69) is 9.47 Å². The van der Waals surface area contributed by atoms with Gasteiger partial charge in [-0.2, -0.15) is 0 Å². The highest BCUT2D eigenvalue weighted by atomic mass is 16.5. The summed E-state index contributed by atoms with van der Waals surface area (Å²) >= 11 is 0. The highest BCUT2D eigenvalue weighted by Gasteiger charge is 2.22. The molecule has 0 aromatic heterocycles. The Morgan fingerprint density at radius 2 is 1.45 bits per heavy atom. The first-order chi connectivity index (χ1) is 9.47. The molecule has 0 spiro atoms. The Morgan fingerprint density at radius 3 is 1.85 bits per heavy atom. The second-order valence-electron chi connectivity index (χ2n) is 4.18. The van der Waals surface area contributed by atoms with Crippen LogP contribution in [0.4, 0.5) is 0 Å². The van der Waals surface area contributed by atoms with E-state index in [4.69, 9.17) is 0 Å². The van der Waals surface area contributed by atoms with Gasteiger partial charge in [0.1, 0.15) is 20.9 Å². The molecule has 1 rings (SSSR count). The van der Waals surface area contributed by atoms with Crippen LogP contribution in [0.1, 0.15) is 10.4 Å². The van der Waals surface area contributed by atoms with Gasteiger partial charge < -0.3 is 14.4 Å². The number of nitrogens with zero attached hydrogens (tertiary/aromatic N) is 1. The zero-order chi connectivity index (χ0) is 15.1. The van der Waals surface area contributed by atoms with E-state index in [-0.39, 0.29) is 13.1 Å². The average molecular weight is 277 g/mol. The van der Waals surface area contributed by atoms with Crippen molar-refractivity contribution in [3.63, 3.8) is 0 Å². The summed E-state index contributed by atoms with van der Waals surface area (Å²) in [5, 5.41) is 0. The van der Waals surface area contributed by atoms with Gasteiger partial charge in [-0.1, -0.05) is 29.7 Å². The minimum absolute atomic E-state index is 0.307. The number of carbonyl (C=O) groups is 3. The predicted molar refractivity (Wildman–Crippen MR) is 74.6 cm³/mol. The molecule has 0 aliphatic heterocycles. The molecule has 106 valence electrons. The van der Waals surface area contributed by atoms with Crippen LogP contribution in [0.25, 0.3) is 0 Å². The molecule has 1 aromatic rings. The number of carbonyl (C=O) groups excluding carboxylic acids is 3. The summed E-state index contributed by atoms with van der Waals surface area (Å²) in [5.74, 6) is -1.63. The van der Waals surface area contributed by atoms with Gasteiger partial charge in [0.25, 0.3) is 5.91 Å². The summed E-state index contributed by atoms with van der Waals surface area (Å²) in [6, 6.07) is 6.84. The summed E-state index contributed by atoms with van der Waals surface area (Å²) in [6.07, 6.45) is 0. The quantitative estimate of drug-likeness (QED) is 0.496. The maximum Gasteiger partial charge on any atom is 0.325 e. The van der Waals surface area contributed by atoms with Gasteiger partial charge in [0.2, 0.25) is 0 Å². The van der Waals surface area contributed by atoms with Crippen LogP contribution in [-0.4, -0.2) is 57.9 Å². The van der Waals surface area contributed by atoms with E-state index >= 15 is 0 Å². The molecule has 6 nitrogen and oxygen atoms in total. The van der Waals surface area contributed by atoms with Crippen molar-refractivity contribution in [2.24, 2.45) is 0 Å². The minimum atomic E-state index is -0.602. The zero-order valence-electron chi connectivity index (χ0n) is 11.7. The summed E-state index contributed by atoms with van der Waals surface area (Å²) in [4.78, 5) is 36.0.